The van der Waals surface area contributed by atoms with Crippen LogP contribution in [0, 0.1) is 19.8 Å². The maximum absolute atomic E-state index is 12.9. The minimum atomic E-state index is -3.63. The molecule has 1 amide bonds. The highest BCUT2D eigenvalue weighted by Gasteiger charge is 2.35. The van der Waals surface area contributed by atoms with Crippen LogP contribution in [-0.4, -0.2) is 67.5 Å². The zero-order valence-corrected chi connectivity index (χ0v) is 18.6. The number of carbonyl (C=O) groups is 1. The molecule has 3 heterocycles. The first-order chi connectivity index (χ1) is 13.8. The fourth-order valence-electron chi connectivity index (χ4n) is 4.61. The Labute approximate surface area is 174 Å². The smallest absolute Gasteiger partial charge is 0.248 e. The molecule has 8 nitrogen and oxygen atoms in total. The highest BCUT2D eigenvalue weighted by molar-refractivity contribution is 7.89. The Morgan fingerprint density at radius 2 is 1.90 bits per heavy atom. The summed E-state index contributed by atoms with van der Waals surface area (Å²) in [6, 6.07) is 0.637. The molecule has 2 aliphatic rings. The van der Waals surface area contributed by atoms with Crippen molar-refractivity contribution >= 4 is 15.9 Å². The number of rotatable bonds is 7. The lowest BCUT2D eigenvalue weighted by molar-refractivity contribution is -0.126. The van der Waals surface area contributed by atoms with Gasteiger partial charge in [-0.1, -0.05) is 18.5 Å². The standard InChI is InChI=1S/C20H34N4O4S/c1-4-18-7-5-6-11-23(18)14-10-21-20(25)17-8-12-24(13-9-17)29(26,27)19-15(2)22-28-16(19)3/h17-18H,4-14H2,1-3H3,(H,21,25)/t18-/m0/s1. The minimum Gasteiger partial charge on any atom is -0.360 e. The average molecular weight is 427 g/mol. The largest absolute Gasteiger partial charge is 0.360 e. The SMILES string of the molecule is CC[C@H]1CCCCN1CCNC(=O)C1CCN(S(=O)(=O)c2c(C)noc2C)CC1. The summed E-state index contributed by atoms with van der Waals surface area (Å²) in [6.07, 6.45) is 6.03. The van der Waals surface area contributed by atoms with Crippen molar-refractivity contribution in [3.8, 4) is 0 Å². The molecule has 1 atom stereocenters. The highest BCUT2D eigenvalue weighted by atomic mass is 32.2. The zero-order valence-electron chi connectivity index (χ0n) is 17.8. The zero-order chi connectivity index (χ0) is 21.0. The molecular formula is C20H34N4O4S. The summed E-state index contributed by atoms with van der Waals surface area (Å²) >= 11 is 0. The molecule has 2 fully saturated rings. The number of amides is 1. The van der Waals surface area contributed by atoms with Crippen LogP contribution in [-0.2, 0) is 14.8 Å². The van der Waals surface area contributed by atoms with Gasteiger partial charge in [0.15, 0.2) is 5.76 Å². The van der Waals surface area contributed by atoms with E-state index in [4.69, 9.17) is 4.52 Å². The van der Waals surface area contributed by atoms with E-state index in [1.807, 2.05) is 0 Å². The van der Waals surface area contributed by atoms with Gasteiger partial charge in [0.2, 0.25) is 15.9 Å². The number of nitrogens with zero attached hydrogens (tertiary/aromatic N) is 3. The van der Waals surface area contributed by atoms with E-state index in [0.29, 0.717) is 50.0 Å². The first kappa shape index (κ1) is 22.2. The van der Waals surface area contributed by atoms with Crippen molar-refractivity contribution in [3.05, 3.63) is 11.5 Å². The molecule has 0 aromatic carbocycles. The molecular weight excluding hydrogens is 392 g/mol. The van der Waals surface area contributed by atoms with Gasteiger partial charge in [0.1, 0.15) is 10.6 Å². The molecule has 164 valence electrons. The molecule has 0 aliphatic carbocycles. The van der Waals surface area contributed by atoms with Gasteiger partial charge in [-0.25, -0.2) is 8.42 Å². The first-order valence-corrected chi connectivity index (χ1v) is 12.2. The predicted molar refractivity (Wildman–Crippen MR) is 110 cm³/mol. The summed E-state index contributed by atoms with van der Waals surface area (Å²) < 4.78 is 32.3. The van der Waals surface area contributed by atoms with Crippen LogP contribution in [0.5, 0.6) is 0 Å². The van der Waals surface area contributed by atoms with Gasteiger partial charge >= 0.3 is 0 Å². The van der Waals surface area contributed by atoms with Crippen LogP contribution < -0.4 is 5.32 Å². The van der Waals surface area contributed by atoms with Crippen molar-refractivity contribution in [3.63, 3.8) is 0 Å². The Balaban J connectivity index is 1.47. The van der Waals surface area contributed by atoms with Crippen LogP contribution in [0.3, 0.4) is 0 Å². The van der Waals surface area contributed by atoms with Gasteiger partial charge in [-0.05, 0) is 52.5 Å². The van der Waals surface area contributed by atoms with Gasteiger partial charge in [0.25, 0.3) is 0 Å². The third-order valence-corrected chi connectivity index (χ3v) is 8.45. The third-order valence-electron chi connectivity index (χ3n) is 6.31. The Morgan fingerprint density at radius 1 is 1.17 bits per heavy atom. The molecule has 9 heteroatoms. The Hall–Kier alpha value is -1.45. The Bertz CT molecular complexity index is 780. The number of carbonyl (C=O) groups excluding carboxylic acids is 1. The summed E-state index contributed by atoms with van der Waals surface area (Å²) in [6.45, 7) is 8.82. The van der Waals surface area contributed by atoms with Crippen molar-refractivity contribution in [2.75, 3.05) is 32.7 Å². The monoisotopic (exact) mass is 426 g/mol. The summed E-state index contributed by atoms with van der Waals surface area (Å²) in [4.78, 5) is 15.2. The number of aryl methyl sites for hydroxylation is 2. The first-order valence-electron chi connectivity index (χ1n) is 10.8. The number of piperidine rings is 2. The van der Waals surface area contributed by atoms with Gasteiger partial charge < -0.3 is 9.84 Å². The fourth-order valence-corrected chi connectivity index (χ4v) is 6.37. The van der Waals surface area contributed by atoms with Crippen molar-refractivity contribution in [1.29, 1.82) is 0 Å². The summed E-state index contributed by atoms with van der Waals surface area (Å²) in [7, 11) is -3.63. The van der Waals surface area contributed by atoms with Gasteiger partial charge in [-0.2, -0.15) is 4.31 Å². The number of nitrogens with one attached hydrogen (secondary N) is 1. The summed E-state index contributed by atoms with van der Waals surface area (Å²) in [5, 5.41) is 6.83. The second-order valence-corrected chi connectivity index (χ2v) is 10.1. The summed E-state index contributed by atoms with van der Waals surface area (Å²) in [5.41, 5.74) is 0.380. The van der Waals surface area contributed by atoms with Crippen molar-refractivity contribution in [2.24, 2.45) is 5.92 Å². The minimum absolute atomic E-state index is 0.0458. The second-order valence-electron chi connectivity index (χ2n) is 8.22. The van der Waals surface area contributed by atoms with Crippen LogP contribution in [0.2, 0.25) is 0 Å². The highest BCUT2D eigenvalue weighted by Crippen LogP contribution is 2.27. The molecule has 0 bridgehead atoms. The molecule has 1 aromatic rings. The quantitative estimate of drug-likeness (QED) is 0.717. The molecule has 0 spiro atoms. The Kier molecular flexibility index (Phi) is 7.34. The molecule has 2 aliphatic heterocycles. The van der Waals surface area contributed by atoms with Crippen LogP contribution in [0.4, 0.5) is 0 Å². The molecule has 29 heavy (non-hydrogen) atoms. The topological polar surface area (TPSA) is 95.8 Å². The number of hydrogen-bond acceptors (Lipinski definition) is 6. The number of sulfonamides is 1. The van der Waals surface area contributed by atoms with E-state index in [2.05, 4.69) is 22.3 Å². The molecule has 1 aromatic heterocycles. The van der Waals surface area contributed by atoms with Crippen LogP contribution in [0.15, 0.2) is 9.42 Å². The maximum Gasteiger partial charge on any atom is 0.248 e. The normalized spacial score (nSPS) is 22.7. The van der Waals surface area contributed by atoms with Crippen LogP contribution >= 0.6 is 0 Å². The lowest BCUT2D eigenvalue weighted by Crippen LogP contribution is -2.46. The van der Waals surface area contributed by atoms with E-state index in [9.17, 15) is 13.2 Å². The maximum atomic E-state index is 12.9. The second kappa shape index (κ2) is 9.57. The van der Waals surface area contributed by atoms with E-state index in [-0.39, 0.29) is 16.7 Å². The number of likely N-dealkylation sites (tertiary alicyclic amines) is 1. The average Bonchev–Trinajstić information content (AvgIpc) is 3.07. The number of hydrogen-bond donors (Lipinski definition) is 1. The van der Waals surface area contributed by atoms with Crippen molar-refractivity contribution in [2.45, 2.75) is 70.2 Å². The third kappa shape index (κ3) is 5.00. The van der Waals surface area contributed by atoms with E-state index in [1.54, 1.807) is 13.8 Å². The van der Waals surface area contributed by atoms with Crippen molar-refractivity contribution in [1.82, 2.24) is 19.7 Å². The number of aromatic nitrogens is 1. The van der Waals surface area contributed by atoms with E-state index in [1.165, 1.54) is 23.6 Å². The fraction of sp³-hybridized carbons (Fsp3) is 0.800. The summed E-state index contributed by atoms with van der Waals surface area (Å²) in [5.74, 6) is 0.226. The molecule has 1 N–H and O–H groups in total. The molecule has 0 saturated carbocycles. The predicted octanol–water partition coefficient (Wildman–Crippen LogP) is 2.07. The molecule has 0 radical (unpaired) electrons. The van der Waals surface area contributed by atoms with Gasteiger partial charge in [-0.15, -0.1) is 0 Å². The van der Waals surface area contributed by atoms with Gasteiger partial charge in [-0.3, -0.25) is 9.69 Å². The van der Waals surface area contributed by atoms with Gasteiger partial charge in [0.05, 0.1) is 0 Å². The molecule has 3 rings (SSSR count). The molecule has 0 unspecified atom stereocenters. The van der Waals surface area contributed by atoms with E-state index >= 15 is 0 Å². The lowest BCUT2D eigenvalue weighted by atomic mass is 9.97. The van der Waals surface area contributed by atoms with E-state index < -0.39 is 10.0 Å². The molecule has 2 saturated heterocycles. The van der Waals surface area contributed by atoms with Crippen LogP contribution in [0.25, 0.3) is 0 Å². The Morgan fingerprint density at radius 3 is 2.52 bits per heavy atom. The van der Waals surface area contributed by atoms with Gasteiger partial charge in [0, 0.05) is 38.1 Å². The van der Waals surface area contributed by atoms with Crippen molar-refractivity contribution < 1.29 is 17.7 Å². The van der Waals surface area contributed by atoms with Crippen LogP contribution in [0.1, 0.15) is 56.9 Å². The van der Waals surface area contributed by atoms with E-state index in [0.717, 1.165) is 19.5 Å². The lowest BCUT2D eigenvalue weighted by Gasteiger charge is -2.35.